The Morgan fingerprint density at radius 1 is 0.850 bits per heavy atom. The molecule has 0 bridgehead atoms. The number of aryl methyl sites for hydroxylation is 1. The van der Waals surface area contributed by atoms with E-state index in [-0.39, 0.29) is 0 Å². The van der Waals surface area contributed by atoms with Gasteiger partial charge in [0.2, 0.25) is 0 Å². The minimum absolute atomic E-state index is 0.369. The van der Waals surface area contributed by atoms with E-state index in [0.29, 0.717) is 12.0 Å². The van der Waals surface area contributed by atoms with Crippen molar-refractivity contribution in [3.8, 4) is 0 Å². The summed E-state index contributed by atoms with van der Waals surface area (Å²) in [7, 11) is 0. The van der Waals surface area contributed by atoms with E-state index in [9.17, 15) is 0 Å². The van der Waals surface area contributed by atoms with Crippen molar-refractivity contribution >= 4 is 0 Å². The molecule has 2 aromatic rings. The molecule has 0 radical (unpaired) electrons. The van der Waals surface area contributed by atoms with Crippen LogP contribution in [0.15, 0.2) is 54.6 Å². The van der Waals surface area contributed by atoms with E-state index in [4.69, 9.17) is 0 Å². The first-order chi connectivity index (χ1) is 9.76. The second kappa shape index (κ2) is 7.25. The van der Waals surface area contributed by atoms with E-state index in [2.05, 4.69) is 80.7 Å². The van der Waals surface area contributed by atoms with Gasteiger partial charge in [-0.1, -0.05) is 75.4 Å². The minimum Gasteiger partial charge on any atom is -0.310 e. The van der Waals surface area contributed by atoms with Gasteiger partial charge in [0.15, 0.2) is 0 Å². The molecule has 0 amide bonds. The predicted octanol–water partition coefficient (Wildman–Crippen LogP) is 4.70. The molecule has 0 heterocycles. The third-order valence-corrected chi connectivity index (χ3v) is 4.00. The number of nitrogens with one attached hydrogen (secondary N) is 1. The smallest absolute Gasteiger partial charge is 0.0386 e. The van der Waals surface area contributed by atoms with E-state index < -0.39 is 0 Å². The zero-order chi connectivity index (χ0) is 14.4. The number of likely N-dealkylation sites (N-methyl/N-ethyl adjacent to an activating group) is 1. The van der Waals surface area contributed by atoms with Crippen molar-refractivity contribution in [3.05, 3.63) is 71.3 Å². The predicted molar refractivity (Wildman–Crippen MR) is 87.1 cm³/mol. The van der Waals surface area contributed by atoms with Crippen LogP contribution in [0.4, 0.5) is 0 Å². The van der Waals surface area contributed by atoms with Gasteiger partial charge in [0.1, 0.15) is 0 Å². The molecular formula is C19H25N. The SMILES string of the molecule is CCNC(c1ccc(CC)cc1)C(C)c1ccccc1. The molecule has 0 saturated carbocycles. The average molecular weight is 267 g/mol. The zero-order valence-corrected chi connectivity index (χ0v) is 12.8. The highest BCUT2D eigenvalue weighted by atomic mass is 14.9. The Morgan fingerprint density at radius 3 is 2.05 bits per heavy atom. The van der Waals surface area contributed by atoms with Crippen molar-refractivity contribution in [1.29, 1.82) is 0 Å². The van der Waals surface area contributed by atoms with Crippen LogP contribution < -0.4 is 5.32 Å². The minimum atomic E-state index is 0.369. The molecular weight excluding hydrogens is 242 g/mol. The highest BCUT2D eigenvalue weighted by molar-refractivity contribution is 5.30. The van der Waals surface area contributed by atoms with Gasteiger partial charge < -0.3 is 5.32 Å². The summed E-state index contributed by atoms with van der Waals surface area (Å²) in [6.45, 7) is 7.66. The van der Waals surface area contributed by atoms with E-state index in [1.807, 2.05) is 0 Å². The molecule has 2 atom stereocenters. The first-order valence-corrected chi connectivity index (χ1v) is 7.63. The van der Waals surface area contributed by atoms with E-state index in [1.54, 1.807) is 0 Å². The number of hydrogen-bond donors (Lipinski definition) is 1. The molecule has 106 valence electrons. The normalized spacial score (nSPS) is 13.9. The number of rotatable bonds is 6. The topological polar surface area (TPSA) is 12.0 Å². The Balaban J connectivity index is 2.25. The fourth-order valence-corrected chi connectivity index (χ4v) is 2.71. The van der Waals surface area contributed by atoms with Crippen LogP contribution >= 0.6 is 0 Å². The third kappa shape index (κ3) is 3.49. The summed E-state index contributed by atoms with van der Waals surface area (Å²) >= 11 is 0. The van der Waals surface area contributed by atoms with Crippen molar-refractivity contribution in [2.75, 3.05) is 6.54 Å². The Bertz CT molecular complexity index is 501. The van der Waals surface area contributed by atoms with Crippen LogP contribution in [0, 0.1) is 0 Å². The lowest BCUT2D eigenvalue weighted by atomic mass is 9.88. The summed E-state index contributed by atoms with van der Waals surface area (Å²) in [5, 5.41) is 3.63. The summed E-state index contributed by atoms with van der Waals surface area (Å²) in [5.41, 5.74) is 4.16. The molecule has 1 heteroatoms. The van der Waals surface area contributed by atoms with Crippen molar-refractivity contribution in [2.24, 2.45) is 0 Å². The van der Waals surface area contributed by atoms with Crippen molar-refractivity contribution in [1.82, 2.24) is 5.32 Å². The summed E-state index contributed by atoms with van der Waals surface area (Å²) in [4.78, 5) is 0. The van der Waals surface area contributed by atoms with Gasteiger partial charge in [-0.25, -0.2) is 0 Å². The largest absolute Gasteiger partial charge is 0.310 e. The quantitative estimate of drug-likeness (QED) is 0.799. The van der Waals surface area contributed by atoms with E-state index in [1.165, 1.54) is 16.7 Å². The molecule has 0 aromatic heterocycles. The molecule has 20 heavy (non-hydrogen) atoms. The van der Waals surface area contributed by atoms with Gasteiger partial charge in [0.05, 0.1) is 0 Å². The molecule has 2 aromatic carbocycles. The molecule has 0 spiro atoms. The van der Waals surface area contributed by atoms with Crippen LogP contribution in [-0.2, 0) is 6.42 Å². The Kier molecular flexibility index (Phi) is 5.37. The van der Waals surface area contributed by atoms with Crippen LogP contribution in [0.5, 0.6) is 0 Å². The molecule has 1 nitrogen and oxygen atoms in total. The molecule has 1 N–H and O–H groups in total. The third-order valence-electron chi connectivity index (χ3n) is 4.00. The van der Waals surface area contributed by atoms with Crippen molar-refractivity contribution < 1.29 is 0 Å². The van der Waals surface area contributed by atoms with Gasteiger partial charge in [0.25, 0.3) is 0 Å². The maximum Gasteiger partial charge on any atom is 0.0386 e. The molecule has 0 aliphatic rings. The maximum absolute atomic E-state index is 3.63. The molecule has 2 rings (SSSR count). The molecule has 2 unspecified atom stereocenters. The molecule has 0 fully saturated rings. The monoisotopic (exact) mass is 267 g/mol. The van der Waals surface area contributed by atoms with Crippen LogP contribution in [0.3, 0.4) is 0 Å². The first-order valence-electron chi connectivity index (χ1n) is 7.63. The maximum atomic E-state index is 3.63. The van der Waals surface area contributed by atoms with Crippen LogP contribution in [0.25, 0.3) is 0 Å². The second-order valence-corrected chi connectivity index (χ2v) is 5.33. The summed E-state index contributed by atoms with van der Waals surface area (Å²) in [5.74, 6) is 0.462. The Labute approximate surface area is 123 Å². The first kappa shape index (κ1) is 14.8. The second-order valence-electron chi connectivity index (χ2n) is 5.33. The highest BCUT2D eigenvalue weighted by Crippen LogP contribution is 2.30. The zero-order valence-electron chi connectivity index (χ0n) is 12.8. The van der Waals surface area contributed by atoms with Gasteiger partial charge in [-0.05, 0) is 29.7 Å². The average Bonchev–Trinajstić information content (AvgIpc) is 2.53. The van der Waals surface area contributed by atoms with Crippen molar-refractivity contribution in [3.63, 3.8) is 0 Å². The van der Waals surface area contributed by atoms with E-state index in [0.717, 1.165) is 13.0 Å². The van der Waals surface area contributed by atoms with Gasteiger partial charge in [-0.2, -0.15) is 0 Å². The lowest BCUT2D eigenvalue weighted by Gasteiger charge is -2.26. The van der Waals surface area contributed by atoms with Crippen LogP contribution in [-0.4, -0.2) is 6.54 Å². The summed E-state index contributed by atoms with van der Waals surface area (Å²) in [6, 6.07) is 20.2. The highest BCUT2D eigenvalue weighted by Gasteiger charge is 2.19. The van der Waals surface area contributed by atoms with Gasteiger partial charge in [0, 0.05) is 12.0 Å². The number of hydrogen-bond acceptors (Lipinski definition) is 1. The fourth-order valence-electron chi connectivity index (χ4n) is 2.71. The fraction of sp³-hybridized carbons (Fsp3) is 0.368. The van der Waals surface area contributed by atoms with Gasteiger partial charge in [-0.3, -0.25) is 0 Å². The Hall–Kier alpha value is -1.60. The lowest BCUT2D eigenvalue weighted by molar-refractivity contribution is 0.479. The summed E-state index contributed by atoms with van der Waals surface area (Å²) < 4.78 is 0. The van der Waals surface area contributed by atoms with Gasteiger partial charge in [-0.15, -0.1) is 0 Å². The lowest BCUT2D eigenvalue weighted by Crippen LogP contribution is -2.25. The molecule has 0 saturated heterocycles. The standard InChI is InChI=1S/C19H25N/c1-4-16-11-13-18(14-12-16)19(20-5-2)15(3)17-9-7-6-8-10-17/h6-15,19-20H,4-5H2,1-3H3. The summed E-state index contributed by atoms with van der Waals surface area (Å²) in [6.07, 6.45) is 1.10. The molecule has 0 aliphatic heterocycles. The van der Waals surface area contributed by atoms with Gasteiger partial charge >= 0.3 is 0 Å². The van der Waals surface area contributed by atoms with E-state index >= 15 is 0 Å². The molecule has 0 aliphatic carbocycles. The van der Waals surface area contributed by atoms with Crippen molar-refractivity contribution in [2.45, 2.75) is 39.2 Å². The van der Waals surface area contributed by atoms with Crippen LogP contribution in [0.1, 0.15) is 49.4 Å². The van der Waals surface area contributed by atoms with Crippen LogP contribution in [0.2, 0.25) is 0 Å². The number of benzene rings is 2. The Morgan fingerprint density at radius 2 is 1.50 bits per heavy atom.